The van der Waals surface area contributed by atoms with Gasteiger partial charge in [0.2, 0.25) is 0 Å². The van der Waals surface area contributed by atoms with Crippen molar-refractivity contribution in [3.05, 3.63) is 42.1 Å². The zero-order valence-corrected chi connectivity index (χ0v) is 7.68. The molecule has 0 aliphatic rings. The molecule has 0 fully saturated rings. The second-order valence-electron chi connectivity index (χ2n) is 3.15. The van der Waals surface area contributed by atoms with Gasteiger partial charge in [0.25, 0.3) is 0 Å². The van der Waals surface area contributed by atoms with Gasteiger partial charge in [-0.1, -0.05) is 0 Å². The van der Waals surface area contributed by atoms with Crippen molar-refractivity contribution in [2.24, 2.45) is 0 Å². The molecule has 1 atom stereocenters. The van der Waals surface area contributed by atoms with Crippen molar-refractivity contribution in [2.75, 3.05) is 6.61 Å². The van der Waals surface area contributed by atoms with E-state index >= 15 is 0 Å². The van der Waals surface area contributed by atoms with Gasteiger partial charge in [0.1, 0.15) is 5.82 Å². The third kappa shape index (κ3) is 2.92. The molecule has 1 N–H and O–H groups in total. The van der Waals surface area contributed by atoms with Crippen molar-refractivity contribution < 1.29 is 22.7 Å². The summed E-state index contributed by atoms with van der Waals surface area (Å²) in [5.41, 5.74) is -1.04. The zero-order valence-electron chi connectivity index (χ0n) is 7.68. The summed E-state index contributed by atoms with van der Waals surface area (Å²) in [6.45, 7) is 2.98. The van der Waals surface area contributed by atoms with E-state index in [4.69, 9.17) is 5.11 Å². The molecule has 1 radical (unpaired) electrons. The van der Waals surface area contributed by atoms with E-state index in [1.54, 1.807) is 0 Å². The van der Waals surface area contributed by atoms with Crippen molar-refractivity contribution in [3.63, 3.8) is 0 Å². The topological polar surface area (TPSA) is 20.2 Å². The summed E-state index contributed by atoms with van der Waals surface area (Å²) in [7, 11) is 0. The minimum absolute atomic E-state index is 0.0322. The van der Waals surface area contributed by atoms with E-state index in [0.717, 1.165) is 12.1 Å². The summed E-state index contributed by atoms with van der Waals surface area (Å²) in [6.07, 6.45) is -4.59. The second-order valence-corrected chi connectivity index (χ2v) is 3.15. The van der Waals surface area contributed by atoms with E-state index < -0.39 is 30.1 Å². The Morgan fingerprint density at radius 2 is 1.87 bits per heavy atom. The highest BCUT2D eigenvalue weighted by atomic mass is 19.4. The highest BCUT2D eigenvalue weighted by molar-refractivity contribution is 5.29. The van der Waals surface area contributed by atoms with E-state index in [9.17, 15) is 17.6 Å². The van der Waals surface area contributed by atoms with Gasteiger partial charge in [-0.3, -0.25) is 0 Å². The Morgan fingerprint density at radius 3 is 2.33 bits per heavy atom. The summed E-state index contributed by atoms with van der Waals surface area (Å²) in [6, 6.07) is 2.13. The van der Waals surface area contributed by atoms with Crippen LogP contribution in [0.5, 0.6) is 0 Å². The van der Waals surface area contributed by atoms with E-state index in [1.165, 1.54) is 0 Å². The van der Waals surface area contributed by atoms with Crippen LogP contribution in [0.2, 0.25) is 0 Å². The Balaban J connectivity index is 3.17. The first kappa shape index (κ1) is 12.0. The molecule has 83 valence electrons. The fourth-order valence-corrected chi connectivity index (χ4v) is 1.12. The van der Waals surface area contributed by atoms with Crippen LogP contribution in [-0.4, -0.2) is 11.7 Å². The molecule has 1 rings (SSSR count). The molecular weight excluding hydrogens is 212 g/mol. The van der Waals surface area contributed by atoms with Crippen molar-refractivity contribution >= 4 is 0 Å². The standard InChI is InChI=1S/C10H9F4O/c1-6(5-15)7-2-8(10(12,13)14)4-9(11)3-7/h2-4,6,15H,1,5H2. The average Bonchev–Trinajstić information content (AvgIpc) is 2.14. The van der Waals surface area contributed by atoms with Gasteiger partial charge in [-0.25, -0.2) is 4.39 Å². The predicted octanol–water partition coefficient (Wildman–Crippen LogP) is 2.75. The van der Waals surface area contributed by atoms with Crippen LogP contribution in [0.4, 0.5) is 17.6 Å². The molecule has 0 aliphatic carbocycles. The lowest BCUT2D eigenvalue weighted by atomic mass is 9.99. The summed E-state index contributed by atoms with van der Waals surface area (Å²) in [5.74, 6) is -1.75. The Hall–Kier alpha value is -1.10. The maximum absolute atomic E-state index is 12.8. The number of hydrogen-bond donors (Lipinski definition) is 1. The van der Waals surface area contributed by atoms with Crippen LogP contribution >= 0.6 is 0 Å². The molecule has 15 heavy (non-hydrogen) atoms. The molecular formula is C10H9F4O. The maximum atomic E-state index is 12.8. The molecule has 0 spiro atoms. The highest BCUT2D eigenvalue weighted by Crippen LogP contribution is 2.31. The molecule has 0 heterocycles. The van der Waals surface area contributed by atoms with Gasteiger partial charge >= 0.3 is 6.18 Å². The van der Waals surface area contributed by atoms with Crippen LogP contribution in [0.3, 0.4) is 0 Å². The maximum Gasteiger partial charge on any atom is 0.416 e. The quantitative estimate of drug-likeness (QED) is 0.761. The first-order valence-corrected chi connectivity index (χ1v) is 4.16. The number of hydrogen-bond acceptors (Lipinski definition) is 1. The summed E-state index contributed by atoms with van der Waals surface area (Å²) in [4.78, 5) is 0. The summed E-state index contributed by atoms with van der Waals surface area (Å²) < 4.78 is 49.6. The summed E-state index contributed by atoms with van der Waals surface area (Å²) >= 11 is 0. The number of aliphatic hydroxyl groups is 1. The minimum atomic E-state index is -4.59. The molecule has 1 aromatic rings. The molecule has 1 aromatic carbocycles. The number of halogens is 4. The van der Waals surface area contributed by atoms with Gasteiger partial charge < -0.3 is 5.11 Å². The van der Waals surface area contributed by atoms with Crippen LogP contribution in [-0.2, 0) is 6.18 Å². The monoisotopic (exact) mass is 221 g/mol. The Morgan fingerprint density at radius 1 is 1.27 bits per heavy atom. The predicted molar refractivity (Wildman–Crippen MR) is 46.6 cm³/mol. The SMILES string of the molecule is [CH2]C(CO)c1cc(F)cc(C(F)(F)F)c1. The fourth-order valence-electron chi connectivity index (χ4n) is 1.12. The second kappa shape index (κ2) is 4.18. The average molecular weight is 221 g/mol. The third-order valence-corrected chi connectivity index (χ3v) is 1.94. The molecule has 0 saturated carbocycles. The van der Waals surface area contributed by atoms with E-state index in [0.29, 0.717) is 6.07 Å². The van der Waals surface area contributed by atoms with Gasteiger partial charge in [0.05, 0.1) is 5.56 Å². The highest BCUT2D eigenvalue weighted by Gasteiger charge is 2.31. The first-order chi connectivity index (χ1) is 6.84. The van der Waals surface area contributed by atoms with Crippen molar-refractivity contribution in [2.45, 2.75) is 12.1 Å². The fraction of sp³-hybridized carbons (Fsp3) is 0.300. The smallest absolute Gasteiger partial charge is 0.396 e. The van der Waals surface area contributed by atoms with Crippen LogP contribution in [0.15, 0.2) is 18.2 Å². The first-order valence-electron chi connectivity index (χ1n) is 4.16. The van der Waals surface area contributed by atoms with Gasteiger partial charge in [0.15, 0.2) is 0 Å². The lowest BCUT2D eigenvalue weighted by molar-refractivity contribution is -0.137. The molecule has 1 unspecified atom stereocenters. The molecule has 0 aliphatic heterocycles. The molecule has 0 bridgehead atoms. The number of aliphatic hydroxyl groups excluding tert-OH is 1. The third-order valence-electron chi connectivity index (χ3n) is 1.94. The van der Waals surface area contributed by atoms with E-state index in [1.807, 2.05) is 0 Å². The zero-order chi connectivity index (χ0) is 11.6. The van der Waals surface area contributed by atoms with E-state index in [2.05, 4.69) is 6.92 Å². The summed E-state index contributed by atoms with van der Waals surface area (Å²) in [5, 5.41) is 8.71. The van der Waals surface area contributed by atoms with Crippen LogP contribution < -0.4 is 0 Å². The molecule has 0 aromatic heterocycles. The van der Waals surface area contributed by atoms with Crippen LogP contribution in [0, 0.1) is 12.7 Å². The Labute approximate surface area is 84.3 Å². The van der Waals surface area contributed by atoms with Crippen molar-refractivity contribution in [3.8, 4) is 0 Å². The van der Waals surface area contributed by atoms with E-state index in [-0.39, 0.29) is 5.56 Å². The van der Waals surface area contributed by atoms with Gasteiger partial charge in [-0.05, 0) is 30.7 Å². The molecule has 0 amide bonds. The normalized spacial score (nSPS) is 14.0. The van der Waals surface area contributed by atoms with Crippen LogP contribution in [0.1, 0.15) is 17.0 Å². The molecule has 1 nitrogen and oxygen atoms in total. The molecule has 5 heteroatoms. The van der Waals surface area contributed by atoms with Gasteiger partial charge in [0, 0.05) is 12.5 Å². The van der Waals surface area contributed by atoms with Gasteiger partial charge in [-0.2, -0.15) is 13.2 Å². The minimum Gasteiger partial charge on any atom is -0.396 e. The largest absolute Gasteiger partial charge is 0.416 e. The Kier molecular flexibility index (Phi) is 3.34. The number of rotatable bonds is 2. The number of alkyl halides is 3. The van der Waals surface area contributed by atoms with Crippen LogP contribution in [0.25, 0.3) is 0 Å². The lowest BCUT2D eigenvalue weighted by Crippen LogP contribution is -2.08. The molecule has 0 saturated heterocycles. The Bertz CT molecular complexity index is 346. The van der Waals surface area contributed by atoms with Gasteiger partial charge in [-0.15, -0.1) is 0 Å². The van der Waals surface area contributed by atoms with Crippen molar-refractivity contribution in [1.29, 1.82) is 0 Å². The number of benzene rings is 1. The van der Waals surface area contributed by atoms with Crippen molar-refractivity contribution in [1.82, 2.24) is 0 Å². The lowest BCUT2D eigenvalue weighted by Gasteiger charge is -2.12.